The topological polar surface area (TPSA) is 37.4 Å². The summed E-state index contributed by atoms with van der Waals surface area (Å²) in [5, 5.41) is -0.292. The third kappa shape index (κ3) is 2.67. The van der Waals surface area contributed by atoms with Crippen molar-refractivity contribution in [2.45, 2.75) is 36.8 Å². The molecule has 0 N–H and O–H groups in total. The lowest BCUT2D eigenvalue weighted by Gasteiger charge is -2.30. The van der Waals surface area contributed by atoms with Crippen molar-refractivity contribution in [2.75, 3.05) is 13.1 Å². The van der Waals surface area contributed by atoms with Gasteiger partial charge < -0.3 is 0 Å². The van der Waals surface area contributed by atoms with E-state index in [-0.39, 0.29) is 5.25 Å². The molecule has 78 valence electrons. The van der Waals surface area contributed by atoms with E-state index in [1.807, 2.05) is 0 Å². The fourth-order valence-corrected chi connectivity index (χ4v) is 3.10. The van der Waals surface area contributed by atoms with Crippen LogP contribution in [0.1, 0.15) is 26.7 Å². The van der Waals surface area contributed by atoms with E-state index in [0.29, 0.717) is 17.9 Å². The van der Waals surface area contributed by atoms with Gasteiger partial charge in [0.1, 0.15) is 0 Å². The average molecular weight is 270 g/mol. The summed E-state index contributed by atoms with van der Waals surface area (Å²) in [7, 11) is -3.01. The maximum absolute atomic E-state index is 11.7. The molecule has 0 spiro atoms. The molecule has 5 heteroatoms. The molecule has 1 heterocycles. The summed E-state index contributed by atoms with van der Waals surface area (Å²) in [6.45, 7) is 4.79. The Balaban J connectivity index is 2.64. The van der Waals surface area contributed by atoms with Crippen LogP contribution < -0.4 is 0 Å². The molecule has 0 saturated carbocycles. The maximum Gasteiger partial charge on any atom is 0.216 e. The van der Waals surface area contributed by atoms with E-state index in [1.54, 1.807) is 18.2 Å². The highest BCUT2D eigenvalue weighted by Crippen LogP contribution is 2.21. The first-order chi connectivity index (χ1) is 5.94. The lowest BCUT2D eigenvalue weighted by atomic mass is 10.2. The van der Waals surface area contributed by atoms with Gasteiger partial charge in [-0.1, -0.05) is 15.9 Å². The molecule has 1 aliphatic rings. The Hall–Kier alpha value is 0.390. The molecule has 1 saturated heterocycles. The lowest BCUT2D eigenvalue weighted by molar-refractivity contribution is 0.351. The molecular formula is C8H16BrNO2S. The van der Waals surface area contributed by atoms with Gasteiger partial charge in [0.25, 0.3) is 0 Å². The molecule has 13 heavy (non-hydrogen) atoms. The first kappa shape index (κ1) is 11.5. The summed E-state index contributed by atoms with van der Waals surface area (Å²) >= 11 is 3.50. The van der Waals surface area contributed by atoms with E-state index in [0.717, 1.165) is 12.8 Å². The second-order valence-electron chi connectivity index (χ2n) is 3.67. The Morgan fingerprint density at radius 2 is 1.77 bits per heavy atom. The Kier molecular flexibility index (Phi) is 3.77. The molecule has 0 atom stereocenters. The summed E-state index contributed by atoms with van der Waals surface area (Å²) in [5.74, 6) is 0. The number of halogens is 1. The van der Waals surface area contributed by atoms with Gasteiger partial charge in [0.2, 0.25) is 10.0 Å². The van der Waals surface area contributed by atoms with E-state index in [9.17, 15) is 8.42 Å². The average Bonchev–Trinajstić information content (AvgIpc) is 2.04. The minimum absolute atomic E-state index is 0.292. The normalized spacial score (nSPS) is 22.5. The molecule has 0 bridgehead atoms. The van der Waals surface area contributed by atoms with Crippen molar-refractivity contribution < 1.29 is 8.42 Å². The van der Waals surface area contributed by atoms with Crippen molar-refractivity contribution in [3.63, 3.8) is 0 Å². The van der Waals surface area contributed by atoms with Crippen LogP contribution in [0.2, 0.25) is 0 Å². The van der Waals surface area contributed by atoms with E-state index in [2.05, 4.69) is 15.9 Å². The molecule has 0 unspecified atom stereocenters. The predicted octanol–water partition coefficient (Wildman–Crippen LogP) is 1.58. The number of hydrogen-bond acceptors (Lipinski definition) is 2. The van der Waals surface area contributed by atoms with Gasteiger partial charge in [0.15, 0.2) is 0 Å². The molecule has 0 aromatic heterocycles. The van der Waals surface area contributed by atoms with Crippen LogP contribution >= 0.6 is 15.9 Å². The highest BCUT2D eigenvalue weighted by Gasteiger charge is 2.28. The van der Waals surface area contributed by atoms with E-state index in [4.69, 9.17) is 0 Å². The zero-order valence-corrected chi connectivity index (χ0v) is 10.4. The van der Waals surface area contributed by atoms with Crippen LogP contribution in [0, 0.1) is 0 Å². The number of rotatable bonds is 2. The molecule has 1 fully saturated rings. The summed E-state index contributed by atoms with van der Waals surface area (Å²) in [4.78, 5) is 0.492. The SMILES string of the molecule is CC(C)S(=O)(=O)N1CCC(Br)CC1. The summed E-state index contributed by atoms with van der Waals surface area (Å²) < 4.78 is 25.0. The monoisotopic (exact) mass is 269 g/mol. The van der Waals surface area contributed by atoms with Gasteiger partial charge in [-0.3, -0.25) is 0 Å². The molecular weight excluding hydrogens is 254 g/mol. The smallest absolute Gasteiger partial charge is 0.212 e. The third-order valence-electron chi connectivity index (χ3n) is 2.34. The number of hydrogen-bond donors (Lipinski definition) is 0. The van der Waals surface area contributed by atoms with Crippen LogP contribution in [0.15, 0.2) is 0 Å². The Morgan fingerprint density at radius 1 is 1.31 bits per heavy atom. The van der Waals surface area contributed by atoms with Crippen LogP contribution in [-0.4, -0.2) is 35.9 Å². The van der Waals surface area contributed by atoms with E-state index in [1.165, 1.54) is 0 Å². The van der Waals surface area contributed by atoms with Crippen molar-refractivity contribution in [1.29, 1.82) is 0 Å². The largest absolute Gasteiger partial charge is 0.216 e. The summed E-state index contributed by atoms with van der Waals surface area (Å²) in [5.41, 5.74) is 0. The Labute approximate surface area is 88.7 Å². The Morgan fingerprint density at radius 3 is 2.15 bits per heavy atom. The molecule has 1 rings (SSSR count). The van der Waals surface area contributed by atoms with Crippen molar-refractivity contribution in [3.8, 4) is 0 Å². The number of piperidine rings is 1. The second-order valence-corrected chi connectivity index (χ2v) is 7.45. The molecule has 0 amide bonds. The van der Waals surface area contributed by atoms with Crippen LogP contribution in [0.4, 0.5) is 0 Å². The van der Waals surface area contributed by atoms with Gasteiger partial charge in [0, 0.05) is 17.9 Å². The number of sulfonamides is 1. The summed E-state index contributed by atoms with van der Waals surface area (Å²) in [6.07, 6.45) is 1.85. The summed E-state index contributed by atoms with van der Waals surface area (Å²) in [6, 6.07) is 0. The lowest BCUT2D eigenvalue weighted by Crippen LogP contribution is -2.42. The van der Waals surface area contributed by atoms with Gasteiger partial charge in [-0.25, -0.2) is 12.7 Å². The van der Waals surface area contributed by atoms with Crippen molar-refractivity contribution in [1.82, 2.24) is 4.31 Å². The molecule has 0 aromatic rings. The standard InChI is InChI=1S/C8H16BrNO2S/c1-7(2)13(11,12)10-5-3-8(9)4-6-10/h7-8H,3-6H2,1-2H3. The molecule has 0 radical (unpaired) electrons. The van der Waals surface area contributed by atoms with Gasteiger partial charge >= 0.3 is 0 Å². The number of alkyl halides is 1. The predicted molar refractivity (Wildman–Crippen MR) is 57.6 cm³/mol. The Bertz CT molecular complexity index is 255. The van der Waals surface area contributed by atoms with Crippen molar-refractivity contribution in [3.05, 3.63) is 0 Å². The van der Waals surface area contributed by atoms with Gasteiger partial charge in [0.05, 0.1) is 5.25 Å². The molecule has 0 aromatic carbocycles. The van der Waals surface area contributed by atoms with Crippen molar-refractivity contribution in [2.24, 2.45) is 0 Å². The van der Waals surface area contributed by atoms with Crippen molar-refractivity contribution >= 4 is 26.0 Å². The van der Waals surface area contributed by atoms with Gasteiger partial charge in [-0.15, -0.1) is 0 Å². The maximum atomic E-state index is 11.7. The van der Waals surface area contributed by atoms with Crippen LogP contribution in [0.3, 0.4) is 0 Å². The molecule has 0 aliphatic carbocycles. The highest BCUT2D eigenvalue weighted by molar-refractivity contribution is 9.09. The second kappa shape index (κ2) is 4.28. The van der Waals surface area contributed by atoms with E-state index < -0.39 is 10.0 Å². The molecule has 1 aliphatic heterocycles. The number of nitrogens with zero attached hydrogens (tertiary/aromatic N) is 1. The third-order valence-corrected chi connectivity index (χ3v) is 5.53. The van der Waals surface area contributed by atoms with E-state index >= 15 is 0 Å². The zero-order chi connectivity index (χ0) is 10.1. The minimum Gasteiger partial charge on any atom is -0.212 e. The van der Waals surface area contributed by atoms with Crippen LogP contribution in [0.25, 0.3) is 0 Å². The van der Waals surface area contributed by atoms with Gasteiger partial charge in [-0.05, 0) is 26.7 Å². The highest BCUT2D eigenvalue weighted by atomic mass is 79.9. The fraction of sp³-hybridized carbons (Fsp3) is 1.00. The first-order valence-corrected chi connectivity index (χ1v) is 6.99. The fourth-order valence-electron chi connectivity index (χ4n) is 1.38. The quantitative estimate of drug-likeness (QED) is 0.714. The van der Waals surface area contributed by atoms with Gasteiger partial charge in [-0.2, -0.15) is 0 Å². The first-order valence-electron chi connectivity index (χ1n) is 4.57. The zero-order valence-electron chi connectivity index (χ0n) is 8.03. The molecule has 3 nitrogen and oxygen atoms in total. The van der Waals surface area contributed by atoms with Crippen LogP contribution in [0.5, 0.6) is 0 Å². The van der Waals surface area contributed by atoms with Crippen LogP contribution in [-0.2, 0) is 10.0 Å². The minimum atomic E-state index is -3.01.